The number of hydrogen-bond acceptors (Lipinski definition) is 2. The van der Waals surface area contributed by atoms with E-state index in [4.69, 9.17) is 22.1 Å². The van der Waals surface area contributed by atoms with Crippen molar-refractivity contribution in [2.24, 2.45) is 5.73 Å². The first-order valence-electron chi connectivity index (χ1n) is 7.28. The van der Waals surface area contributed by atoms with Crippen molar-refractivity contribution in [3.8, 4) is 11.5 Å². The molecule has 112 valence electrons. The van der Waals surface area contributed by atoms with Crippen LogP contribution in [0, 0.1) is 13.8 Å². The molecule has 0 aromatic heterocycles. The van der Waals surface area contributed by atoms with E-state index in [1.165, 1.54) is 5.56 Å². The van der Waals surface area contributed by atoms with E-state index in [-0.39, 0.29) is 6.04 Å². The molecule has 21 heavy (non-hydrogen) atoms. The molecule has 1 atom stereocenters. The SMILES string of the molecule is CCC(N)Cc1ccc(C)c(Oc2cc(C)ccc2Cl)c1. The lowest BCUT2D eigenvalue weighted by molar-refractivity contribution is 0.477. The van der Waals surface area contributed by atoms with Gasteiger partial charge >= 0.3 is 0 Å². The summed E-state index contributed by atoms with van der Waals surface area (Å²) in [4.78, 5) is 0. The van der Waals surface area contributed by atoms with E-state index in [2.05, 4.69) is 25.1 Å². The second kappa shape index (κ2) is 6.97. The second-order valence-electron chi connectivity index (χ2n) is 5.51. The Labute approximate surface area is 131 Å². The number of hydrogen-bond donors (Lipinski definition) is 1. The number of nitrogens with two attached hydrogens (primary N) is 1. The van der Waals surface area contributed by atoms with E-state index in [9.17, 15) is 0 Å². The van der Waals surface area contributed by atoms with Gasteiger partial charge in [-0.25, -0.2) is 0 Å². The maximum absolute atomic E-state index is 6.20. The van der Waals surface area contributed by atoms with Crippen LogP contribution in [0.15, 0.2) is 36.4 Å². The van der Waals surface area contributed by atoms with Gasteiger partial charge in [-0.1, -0.05) is 36.7 Å². The summed E-state index contributed by atoms with van der Waals surface area (Å²) in [6.07, 6.45) is 1.82. The molecule has 2 aromatic rings. The fourth-order valence-electron chi connectivity index (χ4n) is 2.14. The van der Waals surface area contributed by atoms with Crippen LogP contribution in [0.2, 0.25) is 5.02 Å². The number of halogens is 1. The minimum atomic E-state index is 0.183. The largest absolute Gasteiger partial charge is 0.456 e. The first kappa shape index (κ1) is 15.9. The number of aryl methyl sites for hydroxylation is 2. The summed E-state index contributed by atoms with van der Waals surface area (Å²) in [5, 5.41) is 0.621. The molecule has 0 amide bonds. The van der Waals surface area contributed by atoms with Crippen LogP contribution in [0.4, 0.5) is 0 Å². The molecule has 0 saturated carbocycles. The zero-order chi connectivity index (χ0) is 15.4. The van der Waals surface area contributed by atoms with E-state index < -0.39 is 0 Å². The molecule has 0 aliphatic heterocycles. The molecule has 1 unspecified atom stereocenters. The summed E-state index contributed by atoms with van der Waals surface area (Å²) < 4.78 is 6.00. The van der Waals surface area contributed by atoms with E-state index in [1.54, 1.807) is 0 Å². The molecule has 0 bridgehead atoms. The van der Waals surface area contributed by atoms with Crippen LogP contribution in [0.25, 0.3) is 0 Å². The van der Waals surface area contributed by atoms with E-state index >= 15 is 0 Å². The minimum Gasteiger partial charge on any atom is -0.456 e. The highest BCUT2D eigenvalue weighted by Crippen LogP contribution is 2.32. The normalized spacial score (nSPS) is 12.2. The monoisotopic (exact) mass is 303 g/mol. The van der Waals surface area contributed by atoms with Gasteiger partial charge in [0.15, 0.2) is 0 Å². The zero-order valence-electron chi connectivity index (χ0n) is 12.8. The van der Waals surface area contributed by atoms with Crippen LogP contribution in [-0.2, 0) is 6.42 Å². The van der Waals surface area contributed by atoms with Crippen LogP contribution < -0.4 is 10.5 Å². The van der Waals surface area contributed by atoms with Gasteiger partial charge in [0.25, 0.3) is 0 Å². The number of rotatable bonds is 5. The van der Waals surface area contributed by atoms with Crippen molar-refractivity contribution in [1.29, 1.82) is 0 Å². The van der Waals surface area contributed by atoms with Crippen molar-refractivity contribution in [2.75, 3.05) is 0 Å². The number of ether oxygens (including phenoxy) is 1. The summed E-state index contributed by atoms with van der Waals surface area (Å²) >= 11 is 6.20. The topological polar surface area (TPSA) is 35.2 Å². The van der Waals surface area contributed by atoms with Crippen molar-refractivity contribution in [3.63, 3.8) is 0 Å². The van der Waals surface area contributed by atoms with E-state index in [0.717, 1.165) is 29.7 Å². The smallest absolute Gasteiger partial charge is 0.146 e. The molecule has 0 spiro atoms. The van der Waals surface area contributed by atoms with E-state index in [0.29, 0.717) is 10.8 Å². The second-order valence-corrected chi connectivity index (χ2v) is 5.92. The van der Waals surface area contributed by atoms with Crippen molar-refractivity contribution in [3.05, 3.63) is 58.1 Å². The quantitative estimate of drug-likeness (QED) is 0.841. The predicted molar refractivity (Wildman–Crippen MR) is 89.4 cm³/mol. The lowest BCUT2D eigenvalue weighted by atomic mass is 10.0. The lowest BCUT2D eigenvalue weighted by Crippen LogP contribution is -2.21. The molecular formula is C18H22ClNO. The predicted octanol–water partition coefficient (Wildman–Crippen LogP) is 5.03. The average Bonchev–Trinajstić information content (AvgIpc) is 2.46. The fourth-order valence-corrected chi connectivity index (χ4v) is 2.29. The molecular weight excluding hydrogens is 282 g/mol. The van der Waals surface area contributed by atoms with Crippen molar-refractivity contribution in [1.82, 2.24) is 0 Å². The highest BCUT2D eigenvalue weighted by molar-refractivity contribution is 6.32. The standard InChI is InChI=1S/C18H22ClNO/c1-4-15(20)10-14-7-6-13(3)17(11-14)21-18-9-12(2)5-8-16(18)19/h5-9,11,15H,4,10,20H2,1-3H3. The first-order valence-corrected chi connectivity index (χ1v) is 7.66. The van der Waals surface area contributed by atoms with Crippen LogP contribution in [0.1, 0.15) is 30.0 Å². The van der Waals surface area contributed by atoms with Crippen molar-refractivity contribution >= 4 is 11.6 Å². The zero-order valence-corrected chi connectivity index (χ0v) is 13.6. The van der Waals surface area contributed by atoms with Gasteiger partial charge in [-0.15, -0.1) is 0 Å². The van der Waals surface area contributed by atoms with E-state index in [1.807, 2.05) is 32.0 Å². The maximum atomic E-state index is 6.20. The minimum absolute atomic E-state index is 0.183. The van der Waals surface area contributed by atoms with Crippen LogP contribution in [0.3, 0.4) is 0 Å². The Morgan fingerprint density at radius 1 is 1.10 bits per heavy atom. The molecule has 0 saturated heterocycles. The molecule has 0 heterocycles. The molecule has 0 radical (unpaired) electrons. The van der Waals surface area contributed by atoms with Crippen molar-refractivity contribution in [2.45, 2.75) is 39.7 Å². The molecule has 3 heteroatoms. The van der Waals surface area contributed by atoms with Crippen LogP contribution in [0.5, 0.6) is 11.5 Å². The Morgan fingerprint density at radius 2 is 1.86 bits per heavy atom. The molecule has 0 aliphatic rings. The molecule has 2 nitrogen and oxygen atoms in total. The Bertz CT molecular complexity index is 625. The lowest BCUT2D eigenvalue weighted by Gasteiger charge is -2.14. The summed E-state index contributed by atoms with van der Waals surface area (Å²) in [5.41, 5.74) is 9.42. The first-order chi connectivity index (χ1) is 9.99. The van der Waals surface area contributed by atoms with Crippen molar-refractivity contribution < 1.29 is 4.74 Å². The van der Waals surface area contributed by atoms with Gasteiger partial charge in [-0.3, -0.25) is 0 Å². The fraction of sp³-hybridized carbons (Fsp3) is 0.333. The third-order valence-electron chi connectivity index (χ3n) is 3.58. The third kappa shape index (κ3) is 4.23. The van der Waals surface area contributed by atoms with Gasteiger partial charge in [0.1, 0.15) is 11.5 Å². The average molecular weight is 304 g/mol. The van der Waals surface area contributed by atoms with Crippen LogP contribution >= 0.6 is 11.6 Å². The molecule has 0 aliphatic carbocycles. The number of benzene rings is 2. The Kier molecular flexibility index (Phi) is 5.27. The van der Waals surface area contributed by atoms with Gasteiger partial charge in [0, 0.05) is 6.04 Å². The Balaban J connectivity index is 2.26. The van der Waals surface area contributed by atoms with Gasteiger partial charge in [0.05, 0.1) is 5.02 Å². The third-order valence-corrected chi connectivity index (χ3v) is 3.89. The highest BCUT2D eigenvalue weighted by Gasteiger charge is 2.08. The Morgan fingerprint density at radius 3 is 2.57 bits per heavy atom. The maximum Gasteiger partial charge on any atom is 0.146 e. The van der Waals surface area contributed by atoms with Gasteiger partial charge in [0.2, 0.25) is 0 Å². The summed E-state index contributed by atoms with van der Waals surface area (Å²) in [5.74, 6) is 1.53. The molecule has 2 N–H and O–H groups in total. The van der Waals surface area contributed by atoms with Crippen LogP contribution in [-0.4, -0.2) is 6.04 Å². The van der Waals surface area contributed by atoms with Gasteiger partial charge < -0.3 is 10.5 Å². The molecule has 2 rings (SSSR count). The Hall–Kier alpha value is -1.51. The van der Waals surface area contributed by atoms with Gasteiger partial charge in [-0.05, 0) is 61.6 Å². The van der Waals surface area contributed by atoms with Gasteiger partial charge in [-0.2, -0.15) is 0 Å². The summed E-state index contributed by atoms with van der Waals surface area (Å²) in [6.45, 7) is 6.15. The molecule has 2 aromatic carbocycles. The highest BCUT2D eigenvalue weighted by atomic mass is 35.5. The summed E-state index contributed by atoms with van der Waals surface area (Å²) in [6, 6.07) is 12.2. The summed E-state index contributed by atoms with van der Waals surface area (Å²) in [7, 11) is 0. The molecule has 0 fully saturated rings.